The van der Waals surface area contributed by atoms with E-state index in [1.807, 2.05) is 21.1 Å². The van der Waals surface area contributed by atoms with E-state index in [1.54, 1.807) is 0 Å². The molecule has 1 N–H and O–H groups in total. The normalized spacial score (nSPS) is 14.1. The van der Waals surface area contributed by atoms with Gasteiger partial charge in [0.25, 0.3) is 0 Å². The standard InChI is InChI=1S/C19H40NO6P/c1-5-6-7-8-9-10-11-12-13-14-19(21)24-17-18-26-27(22,23)25-16-15-20(2,3)4/h5-18H2,1-4H3/p+1. The molecule has 0 heterocycles. The van der Waals surface area contributed by atoms with Gasteiger partial charge in [-0.3, -0.25) is 13.8 Å². The Morgan fingerprint density at radius 1 is 0.852 bits per heavy atom. The summed E-state index contributed by atoms with van der Waals surface area (Å²) in [4.78, 5) is 21.1. The number of ether oxygens (including phenoxy) is 1. The molecule has 7 nitrogen and oxygen atoms in total. The first-order valence-corrected chi connectivity index (χ1v) is 11.7. The second-order valence-corrected chi connectivity index (χ2v) is 9.40. The molecule has 8 heteroatoms. The van der Waals surface area contributed by atoms with Crippen LogP contribution < -0.4 is 0 Å². The predicted octanol–water partition coefficient (Wildman–Crippen LogP) is 4.29. The van der Waals surface area contributed by atoms with E-state index in [4.69, 9.17) is 13.8 Å². The van der Waals surface area contributed by atoms with Gasteiger partial charge in [0.15, 0.2) is 0 Å². The Morgan fingerprint density at radius 2 is 1.37 bits per heavy atom. The van der Waals surface area contributed by atoms with E-state index in [2.05, 4.69) is 6.92 Å². The van der Waals surface area contributed by atoms with Crippen LogP contribution in [-0.4, -0.2) is 62.9 Å². The average Bonchev–Trinajstić information content (AvgIpc) is 2.56. The fourth-order valence-corrected chi connectivity index (χ4v) is 3.12. The maximum atomic E-state index is 11.7. The zero-order valence-corrected chi connectivity index (χ0v) is 18.7. The van der Waals surface area contributed by atoms with Crippen LogP contribution in [-0.2, 0) is 23.1 Å². The average molecular weight is 411 g/mol. The maximum absolute atomic E-state index is 11.7. The van der Waals surface area contributed by atoms with Gasteiger partial charge in [0, 0.05) is 6.42 Å². The molecule has 0 aromatic rings. The quantitative estimate of drug-likeness (QED) is 0.157. The molecule has 27 heavy (non-hydrogen) atoms. The minimum atomic E-state index is -4.08. The number of quaternary nitrogens is 1. The Morgan fingerprint density at radius 3 is 1.93 bits per heavy atom. The van der Waals surface area contributed by atoms with E-state index in [0.29, 0.717) is 17.4 Å². The van der Waals surface area contributed by atoms with Crippen LogP contribution in [0.15, 0.2) is 0 Å². The molecular weight excluding hydrogens is 369 g/mol. The van der Waals surface area contributed by atoms with Crippen molar-refractivity contribution < 1.29 is 32.5 Å². The summed E-state index contributed by atoms with van der Waals surface area (Å²) in [6.45, 7) is 2.73. The van der Waals surface area contributed by atoms with Gasteiger partial charge in [0.2, 0.25) is 0 Å². The Hall–Kier alpha value is -0.460. The highest BCUT2D eigenvalue weighted by Gasteiger charge is 2.22. The van der Waals surface area contributed by atoms with Crippen LogP contribution in [0.1, 0.15) is 71.1 Å². The third-order valence-corrected chi connectivity index (χ3v) is 5.12. The number of likely N-dealkylation sites (N-methyl/N-ethyl adjacent to an activating group) is 1. The van der Waals surface area contributed by atoms with Crippen molar-refractivity contribution in [2.45, 2.75) is 71.1 Å². The van der Waals surface area contributed by atoms with Crippen molar-refractivity contribution in [2.24, 2.45) is 0 Å². The summed E-state index contributed by atoms with van der Waals surface area (Å²) in [5, 5.41) is 0. The van der Waals surface area contributed by atoms with Gasteiger partial charge >= 0.3 is 13.8 Å². The zero-order valence-electron chi connectivity index (χ0n) is 17.8. The van der Waals surface area contributed by atoms with Crippen LogP contribution in [0.25, 0.3) is 0 Å². The molecule has 0 spiro atoms. The first kappa shape index (κ1) is 26.5. The highest BCUT2D eigenvalue weighted by Crippen LogP contribution is 2.42. The van der Waals surface area contributed by atoms with E-state index in [-0.39, 0.29) is 25.8 Å². The number of phosphoric ester groups is 1. The van der Waals surface area contributed by atoms with E-state index in [0.717, 1.165) is 19.3 Å². The van der Waals surface area contributed by atoms with Gasteiger partial charge in [-0.2, -0.15) is 0 Å². The molecule has 0 saturated heterocycles. The molecule has 0 aliphatic rings. The van der Waals surface area contributed by atoms with Gasteiger partial charge in [0.05, 0.1) is 27.7 Å². The molecule has 162 valence electrons. The van der Waals surface area contributed by atoms with Gasteiger partial charge < -0.3 is 14.1 Å². The molecule has 0 radical (unpaired) electrons. The molecule has 0 aliphatic carbocycles. The highest BCUT2D eigenvalue weighted by molar-refractivity contribution is 7.47. The molecule has 1 atom stereocenters. The van der Waals surface area contributed by atoms with Crippen molar-refractivity contribution in [3.05, 3.63) is 0 Å². The molecule has 0 amide bonds. The lowest BCUT2D eigenvalue weighted by Gasteiger charge is -2.23. The number of carbonyl (C=O) groups excluding carboxylic acids is 1. The summed E-state index contributed by atoms with van der Waals surface area (Å²) in [6.07, 6.45) is 11.1. The second kappa shape index (κ2) is 15.5. The predicted molar refractivity (Wildman–Crippen MR) is 107 cm³/mol. The number of hydrogen-bond donors (Lipinski definition) is 1. The summed E-state index contributed by atoms with van der Waals surface area (Å²) in [5.74, 6) is -0.291. The molecule has 0 bridgehead atoms. The first-order chi connectivity index (χ1) is 12.7. The number of unbranched alkanes of at least 4 members (excludes halogenated alkanes) is 8. The van der Waals surface area contributed by atoms with Crippen LogP contribution >= 0.6 is 7.82 Å². The van der Waals surface area contributed by atoms with Crippen LogP contribution in [0.3, 0.4) is 0 Å². The fourth-order valence-electron chi connectivity index (χ4n) is 2.43. The molecular formula is C19H41NO6P+. The van der Waals surface area contributed by atoms with Crippen molar-refractivity contribution in [2.75, 3.05) is 47.5 Å². The summed E-state index contributed by atoms with van der Waals surface area (Å²) in [6, 6.07) is 0. The number of carbonyl (C=O) groups is 1. The van der Waals surface area contributed by atoms with Crippen LogP contribution in [0.4, 0.5) is 0 Å². The molecule has 0 fully saturated rings. The Kier molecular flexibility index (Phi) is 15.2. The monoisotopic (exact) mass is 410 g/mol. The number of hydrogen-bond acceptors (Lipinski definition) is 5. The smallest absolute Gasteiger partial charge is 0.463 e. The maximum Gasteiger partial charge on any atom is 0.472 e. The molecule has 0 aromatic heterocycles. The van der Waals surface area contributed by atoms with Gasteiger partial charge in [-0.25, -0.2) is 4.57 Å². The highest BCUT2D eigenvalue weighted by atomic mass is 31.2. The summed E-state index contributed by atoms with van der Waals surface area (Å²) in [5.41, 5.74) is 0. The molecule has 0 aromatic carbocycles. The van der Waals surface area contributed by atoms with E-state index in [1.165, 1.54) is 38.5 Å². The first-order valence-electron chi connectivity index (χ1n) is 10.2. The zero-order chi connectivity index (χ0) is 20.6. The molecule has 0 rings (SSSR count). The SMILES string of the molecule is CCCCCCCCCCCC(=O)OCCOP(=O)(O)OCC[N+](C)(C)C. The number of phosphoric acid groups is 1. The fraction of sp³-hybridized carbons (Fsp3) is 0.947. The van der Waals surface area contributed by atoms with Gasteiger partial charge in [-0.15, -0.1) is 0 Å². The van der Waals surface area contributed by atoms with Gasteiger partial charge in [0.1, 0.15) is 19.8 Å². The Labute approximate surface area is 165 Å². The van der Waals surface area contributed by atoms with Crippen molar-refractivity contribution >= 4 is 13.8 Å². The molecule has 0 aliphatic heterocycles. The third-order valence-electron chi connectivity index (χ3n) is 4.10. The largest absolute Gasteiger partial charge is 0.472 e. The Balaban J connectivity index is 3.53. The number of esters is 1. The third kappa shape index (κ3) is 20.1. The lowest BCUT2D eigenvalue weighted by molar-refractivity contribution is -0.870. The van der Waals surface area contributed by atoms with Crippen LogP contribution in [0.5, 0.6) is 0 Å². The number of rotatable bonds is 18. The summed E-state index contributed by atoms with van der Waals surface area (Å²) >= 11 is 0. The van der Waals surface area contributed by atoms with E-state index < -0.39 is 7.82 Å². The van der Waals surface area contributed by atoms with Gasteiger partial charge in [-0.05, 0) is 6.42 Å². The van der Waals surface area contributed by atoms with Crippen LogP contribution in [0.2, 0.25) is 0 Å². The molecule has 1 unspecified atom stereocenters. The Bertz CT molecular complexity index is 425. The van der Waals surface area contributed by atoms with Crippen molar-refractivity contribution in [3.63, 3.8) is 0 Å². The minimum Gasteiger partial charge on any atom is -0.463 e. The summed E-state index contributed by atoms with van der Waals surface area (Å²) < 4.78 is 27.0. The summed E-state index contributed by atoms with van der Waals surface area (Å²) in [7, 11) is 1.79. The van der Waals surface area contributed by atoms with Crippen molar-refractivity contribution in [3.8, 4) is 0 Å². The van der Waals surface area contributed by atoms with Crippen molar-refractivity contribution in [1.82, 2.24) is 0 Å². The van der Waals surface area contributed by atoms with Crippen LogP contribution in [0, 0.1) is 0 Å². The van der Waals surface area contributed by atoms with Gasteiger partial charge in [-0.1, -0.05) is 58.3 Å². The second-order valence-electron chi connectivity index (χ2n) is 7.95. The lowest BCUT2D eigenvalue weighted by Crippen LogP contribution is -2.37. The molecule has 0 saturated carbocycles. The topological polar surface area (TPSA) is 82.1 Å². The number of nitrogens with zero attached hydrogens (tertiary/aromatic N) is 1. The lowest BCUT2D eigenvalue weighted by atomic mass is 10.1. The minimum absolute atomic E-state index is 0.0422. The van der Waals surface area contributed by atoms with E-state index >= 15 is 0 Å². The van der Waals surface area contributed by atoms with Crippen molar-refractivity contribution in [1.29, 1.82) is 0 Å². The van der Waals surface area contributed by atoms with E-state index in [9.17, 15) is 14.3 Å².